The highest BCUT2D eigenvalue weighted by Gasteiger charge is 2.45. The van der Waals surface area contributed by atoms with Crippen LogP contribution in [0.2, 0.25) is 0 Å². The van der Waals surface area contributed by atoms with Gasteiger partial charge in [-0.25, -0.2) is 4.79 Å². The second-order valence-corrected chi connectivity index (χ2v) is 6.73. The van der Waals surface area contributed by atoms with Crippen LogP contribution in [-0.2, 0) is 0 Å². The quantitative estimate of drug-likeness (QED) is 0.738. The van der Waals surface area contributed by atoms with Crippen molar-refractivity contribution in [1.82, 2.24) is 4.98 Å². The van der Waals surface area contributed by atoms with Crippen LogP contribution in [0, 0.1) is 6.92 Å². The number of rotatable bonds is 5. The van der Waals surface area contributed by atoms with E-state index in [1.165, 1.54) is 18.2 Å². The van der Waals surface area contributed by atoms with E-state index in [2.05, 4.69) is 4.98 Å². The molecule has 0 unspecified atom stereocenters. The molecule has 6 heteroatoms. The Morgan fingerprint density at radius 1 is 1.30 bits per heavy atom. The van der Waals surface area contributed by atoms with E-state index in [9.17, 15) is 14.7 Å². The Morgan fingerprint density at radius 2 is 2.11 bits per heavy atom. The highest BCUT2D eigenvalue weighted by atomic mass is 16.5. The first-order valence-electron chi connectivity index (χ1n) is 8.90. The molecule has 2 heterocycles. The fourth-order valence-electron chi connectivity index (χ4n) is 3.44. The predicted octanol–water partition coefficient (Wildman–Crippen LogP) is 3.86. The molecule has 3 aromatic rings. The lowest BCUT2D eigenvalue weighted by molar-refractivity contribution is 0.0697. The molecule has 0 aliphatic heterocycles. The van der Waals surface area contributed by atoms with Crippen molar-refractivity contribution in [3.63, 3.8) is 0 Å². The SMILES string of the molecule is CCOc1c([C@@H]2C[C@H]2c2cccc(C)n2)oc2ccc(C(=O)O)cc2c1=O. The van der Waals surface area contributed by atoms with E-state index in [4.69, 9.17) is 9.15 Å². The van der Waals surface area contributed by atoms with Gasteiger partial charge in [-0.2, -0.15) is 0 Å². The number of carbonyl (C=O) groups is 1. The summed E-state index contributed by atoms with van der Waals surface area (Å²) >= 11 is 0. The van der Waals surface area contributed by atoms with Gasteiger partial charge in [0.2, 0.25) is 11.2 Å². The number of ether oxygens (including phenoxy) is 1. The van der Waals surface area contributed by atoms with E-state index in [-0.39, 0.29) is 34.0 Å². The Labute approximate surface area is 155 Å². The van der Waals surface area contributed by atoms with Gasteiger partial charge in [-0.1, -0.05) is 6.07 Å². The zero-order valence-electron chi connectivity index (χ0n) is 15.1. The number of carboxylic acids is 1. The van der Waals surface area contributed by atoms with E-state index in [0.29, 0.717) is 18.0 Å². The minimum atomic E-state index is -1.09. The number of aromatic nitrogens is 1. The van der Waals surface area contributed by atoms with Crippen molar-refractivity contribution in [1.29, 1.82) is 0 Å². The van der Waals surface area contributed by atoms with Gasteiger partial charge in [0.1, 0.15) is 5.58 Å². The molecule has 1 aromatic carbocycles. The summed E-state index contributed by atoms with van der Waals surface area (Å²) in [6.45, 7) is 4.07. The molecular weight excluding hydrogens is 346 g/mol. The lowest BCUT2D eigenvalue weighted by Crippen LogP contribution is -2.12. The minimum absolute atomic E-state index is 0.0251. The molecule has 2 aromatic heterocycles. The summed E-state index contributed by atoms with van der Waals surface area (Å²) in [5.41, 5.74) is 2.00. The molecule has 1 fully saturated rings. The molecule has 4 rings (SSSR count). The number of fused-ring (bicyclic) bond motifs is 1. The molecule has 0 radical (unpaired) electrons. The van der Waals surface area contributed by atoms with Crippen LogP contribution in [0.25, 0.3) is 11.0 Å². The lowest BCUT2D eigenvalue weighted by atomic mass is 10.1. The molecule has 0 saturated heterocycles. The topological polar surface area (TPSA) is 89.6 Å². The van der Waals surface area contributed by atoms with Crippen LogP contribution in [0.4, 0.5) is 0 Å². The number of hydrogen-bond acceptors (Lipinski definition) is 5. The van der Waals surface area contributed by atoms with Gasteiger partial charge in [0, 0.05) is 23.2 Å². The zero-order valence-corrected chi connectivity index (χ0v) is 15.1. The number of pyridine rings is 1. The molecule has 138 valence electrons. The number of aryl methyl sites for hydroxylation is 1. The van der Waals surface area contributed by atoms with Crippen LogP contribution >= 0.6 is 0 Å². The van der Waals surface area contributed by atoms with Gasteiger partial charge >= 0.3 is 5.97 Å². The second-order valence-electron chi connectivity index (χ2n) is 6.73. The third-order valence-corrected chi connectivity index (χ3v) is 4.83. The average molecular weight is 365 g/mol. The molecule has 6 nitrogen and oxygen atoms in total. The highest BCUT2D eigenvalue weighted by Crippen LogP contribution is 2.56. The Morgan fingerprint density at radius 3 is 2.81 bits per heavy atom. The normalized spacial score (nSPS) is 18.4. The largest absolute Gasteiger partial charge is 0.487 e. The molecule has 1 N–H and O–H groups in total. The summed E-state index contributed by atoms with van der Waals surface area (Å²) in [5.74, 6) is -0.190. The van der Waals surface area contributed by atoms with Gasteiger partial charge in [-0.15, -0.1) is 0 Å². The molecule has 1 aliphatic carbocycles. The minimum Gasteiger partial charge on any atom is -0.487 e. The third-order valence-electron chi connectivity index (χ3n) is 4.83. The summed E-state index contributed by atoms with van der Waals surface area (Å²) in [6, 6.07) is 10.2. The van der Waals surface area contributed by atoms with E-state index in [1.54, 1.807) is 6.92 Å². The summed E-state index contributed by atoms with van der Waals surface area (Å²) < 4.78 is 11.6. The highest BCUT2D eigenvalue weighted by molar-refractivity contribution is 5.93. The summed E-state index contributed by atoms with van der Waals surface area (Å²) in [7, 11) is 0. The summed E-state index contributed by atoms with van der Waals surface area (Å²) in [6.07, 6.45) is 0.832. The van der Waals surface area contributed by atoms with Crippen molar-refractivity contribution in [2.75, 3.05) is 6.61 Å². The van der Waals surface area contributed by atoms with Crippen molar-refractivity contribution in [3.05, 3.63) is 69.3 Å². The summed E-state index contributed by atoms with van der Waals surface area (Å²) in [4.78, 5) is 28.7. The molecule has 0 bridgehead atoms. The maximum atomic E-state index is 12.9. The van der Waals surface area contributed by atoms with Gasteiger partial charge in [0.15, 0.2) is 5.76 Å². The van der Waals surface area contributed by atoms with Gasteiger partial charge < -0.3 is 14.3 Å². The third kappa shape index (κ3) is 3.07. The lowest BCUT2D eigenvalue weighted by Gasteiger charge is -2.10. The van der Waals surface area contributed by atoms with Crippen molar-refractivity contribution >= 4 is 16.9 Å². The average Bonchev–Trinajstić information content (AvgIpc) is 3.44. The van der Waals surface area contributed by atoms with Gasteiger partial charge in [0.25, 0.3) is 0 Å². The number of benzene rings is 1. The van der Waals surface area contributed by atoms with E-state index in [1.807, 2.05) is 25.1 Å². The Bertz CT molecular complexity index is 1100. The van der Waals surface area contributed by atoms with E-state index in [0.717, 1.165) is 17.8 Å². The van der Waals surface area contributed by atoms with E-state index < -0.39 is 5.97 Å². The monoisotopic (exact) mass is 365 g/mol. The molecule has 2 atom stereocenters. The fourth-order valence-corrected chi connectivity index (χ4v) is 3.44. The Hall–Kier alpha value is -3.15. The van der Waals surface area contributed by atoms with Crippen LogP contribution in [0.5, 0.6) is 5.75 Å². The maximum absolute atomic E-state index is 12.9. The Kier molecular flexibility index (Phi) is 4.18. The van der Waals surface area contributed by atoms with Crippen LogP contribution in [-0.4, -0.2) is 22.7 Å². The van der Waals surface area contributed by atoms with Crippen LogP contribution in [0.3, 0.4) is 0 Å². The number of carboxylic acid groups (broad SMARTS) is 1. The van der Waals surface area contributed by atoms with Gasteiger partial charge in [-0.05, 0) is 50.6 Å². The van der Waals surface area contributed by atoms with Gasteiger partial charge in [-0.3, -0.25) is 9.78 Å². The van der Waals surface area contributed by atoms with Crippen LogP contribution in [0.15, 0.2) is 45.6 Å². The molecule has 0 amide bonds. The standard InChI is InChI=1S/C21H19NO5/c1-3-26-20-18(23)15-9-12(21(24)25)7-8-17(15)27-19(20)14-10-13(14)16-6-4-5-11(2)22-16/h4-9,13-14H,3,10H2,1-2H3,(H,24,25)/t13-,14-/m1/s1. The van der Waals surface area contributed by atoms with Crippen LogP contribution in [0.1, 0.15) is 52.7 Å². The Balaban J connectivity index is 1.81. The molecule has 1 saturated carbocycles. The maximum Gasteiger partial charge on any atom is 0.335 e. The van der Waals surface area contributed by atoms with Crippen molar-refractivity contribution < 1.29 is 19.1 Å². The number of nitrogens with zero attached hydrogens (tertiary/aromatic N) is 1. The summed E-state index contributed by atoms with van der Waals surface area (Å²) in [5, 5.41) is 9.39. The second kappa shape index (κ2) is 6.54. The predicted molar refractivity (Wildman–Crippen MR) is 99.7 cm³/mol. The first-order chi connectivity index (χ1) is 13.0. The molecular formula is C21H19NO5. The zero-order chi connectivity index (χ0) is 19.1. The molecule has 27 heavy (non-hydrogen) atoms. The molecule has 1 aliphatic rings. The van der Waals surface area contributed by atoms with Crippen molar-refractivity contribution in [3.8, 4) is 5.75 Å². The number of hydrogen-bond donors (Lipinski definition) is 1. The van der Waals surface area contributed by atoms with Crippen molar-refractivity contribution in [2.45, 2.75) is 32.1 Å². The van der Waals surface area contributed by atoms with E-state index >= 15 is 0 Å². The van der Waals surface area contributed by atoms with Gasteiger partial charge in [0.05, 0.1) is 17.6 Å². The smallest absolute Gasteiger partial charge is 0.335 e. The first kappa shape index (κ1) is 17.3. The fraction of sp³-hybridized carbons (Fsp3) is 0.286. The van der Waals surface area contributed by atoms with Crippen molar-refractivity contribution in [2.24, 2.45) is 0 Å². The molecule has 0 spiro atoms. The first-order valence-corrected chi connectivity index (χ1v) is 8.90. The van der Waals surface area contributed by atoms with Crippen LogP contribution < -0.4 is 10.2 Å². The number of aromatic carboxylic acids is 1.